The van der Waals surface area contributed by atoms with Crippen molar-refractivity contribution in [3.8, 4) is 5.88 Å². The highest BCUT2D eigenvalue weighted by Crippen LogP contribution is 2.39. The summed E-state index contributed by atoms with van der Waals surface area (Å²) < 4.78 is 91.4. The second-order valence-corrected chi connectivity index (χ2v) is 10.5. The van der Waals surface area contributed by atoms with Crippen LogP contribution in [0, 0.1) is 10.1 Å². The van der Waals surface area contributed by atoms with Gasteiger partial charge in [-0.2, -0.15) is 36.3 Å². The molecule has 0 bridgehead atoms. The molecule has 1 unspecified atom stereocenters. The molecule has 39 heavy (non-hydrogen) atoms. The van der Waals surface area contributed by atoms with Gasteiger partial charge >= 0.3 is 18.0 Å². The normalized spacial score (nSPS) is 13.4. The van der Waals surface area contributed by atoms with Crippen molar-refractivity contribution in [2.45, 2.75) is 44.2 Å². The molecule has 0 aliphatic heterocycles. The smallest absolute Gasteiger partial charge is 0.418 e. The van der Waals surface area contributed by atoms with Gasteiger partial charge in [-0.15, -0.1) is 0 Å². The van der Waals surface area contributed by atoms with Gasteiger partial charge in [-0.1, -0.05) is 18.1 Å². The van der Waals surface area contributed by atoms with Crippen molar-refractivity contribution in [2.75, 3.05) is 18.5 Å². The topological polar surface area (TPSA) is 117 Å². The van der Waals surface area contributed by atoms with Crippen LogP contribution in [-0.2, 0) is 17.6 Å². The average molecular weight is 621 g/mol. The maximum absolute atomic E-state index is 13.9. The van der Waals surface area contributed by atoms with Gasteiger partial charge in [-0.25, -0.2) is 4.98 Å². The number of anilines is 1. The van der Waals surface area contributed by atoms with Gasteiger partial charge in [0.15, 0.2) is 0 Å². The lowest BCUT2D eigenvalue weighted by atomic mass is 10.2. The molecule has 3 aromatic rings. The van der Waals surface area contributed by atoms with Gasteiger partial charge in [-0.05, 0) is 24.1 Å². The average Bonchev–Trinajstić information content (AvgIpc) is 3.19. The fraction of sp³-hybridized carbons (Fsp3) is 0.450. The van der Waals surface area contributed by atoms with Crippen molar-refractivity contribution in [2.24, 2.45) is 0 Å². The summed E-state index contributed by atoms with van der Waals surface area (Å²) >= 11 is 11.7. The number of nitrogens with one attached hydrogen (secondary N) is 1. The first-order valence-corrected chi connectivity index (χ1v) is 14.2. The maximum Gasteiger partial charge on any atom is 0.418 e. The molecular formula is C20H20Cl2F6N6O4Si. The van der Waals surface area contributed by atoms with E-state index in [1.807, 2.05) is 0 Å². The number of hydrogen-bond donors (Lipinski definition) is 1. The zero-order valence-corrected chi connectivity index (χ0v) is 22.9. The predicted octanol–water partition coefficient (Wildman–Crippen LogP) is 5.41. The molecule has 19 heteroatoms. The third-order valence-corrected chi connectivity index (χ3v) is 7.03. The van der Waals surface area contributed by atoms with Crippen LogP contribution in [-0.4, -0.2) is 59.0 Å². The van der Waals surface area contributed by atoms with Crippen LogP contribution in [0.4, 0.5) is 37.8 Å². The molecule has 0 aliphatic rings. The molecule has 0 radical (unpaired) electrons. The number of hydrogen-bond acceptors (Lipinski definition) is 8. The molecule has 10 nitrogen and oxygen atoms in total. The Hall–Kier alpha value is -2.89. The Balaban J connectivity index is 1.78. The molecule has 0 aliphatic carbocycles. The Labute approximate surface area is 228 Å². The minimum Gasteiger partial charge on any atom is -0.473 e. The van der Waals surface area contributed by atoms with Crippen molar-refractivity contribution in [3.63, 3.8) is 0 Å². The van der Waals surface area contributed by atoms with Gasteiger partial charge in [0.1, 0.15) is 23.3 Å². The van der Waals surface area contributed by atoms with Gasteiger partial charge < -0.3 is 19.4 Å². The van der Waals surface area contributed by atoms with E-state index in [4.69, 9.17) is 32.7 Å². The number of fused-ring (bicyclic) bond motifs is 1. The largest absolute Gasteiger partial charge is 0.473 e. The Morgan fingerprint density at radius 1 is 1.18 bits per heavy atom. The molecular weight excluding hydrogens is 601 g/mol. The van der Waals surface area contributed by atoms with E-state index >= 15 is 0 Å². The zero-order chi connectivity index (χ0) is 29.0. The Morgan fingerprint density at radius 2 is 1.90 bits per heavy atom. The minimum atomic E-state index is -4.86. The number of alkyl halides is 6. The maximum atomic E-state index is 13.9. The van der Waals surface area contributed by atoms with E-state index in [1.54, 1.807) is 6.55 Å². The first-order valence-electron chi connectivity index (χ1n) is 11.2. The van der Waals surface area contributed by atoms with Crippen LogP contribution in [0.2, 0.25) is 17.0 Å². The number of pyridine rings is 1. The molecule has 214 valence electrons. The molecule has 1 N–H and O–H groups in total. The SMILES string of the molecule is C[SiH2]C(CC(F)(F)F)OCn1cc(C(F)(F)F)c2c(NCCCOc3nc(Cl)ccc3[N+](=O)[O-])nc(Cl)nc21. The van der Waals surface area contributed by atoms with Crippen LogP contribution in [0.15, 0.2) is 18.3 Å². The highest BCUT2D eigenvalue weighted by molar-refractivity contribution is 6.35. The van der Waals surface area contributed by atoms with Crippen LogP contribution in [0.5, 0.6) is 5.88 Å². The molecule has 0 spiro atoms. The fourth-order valence-corrected chi connectivity index (χ4v) is 4.73. The van der Waals surface area contributed by atoms with Gasteiger partial charge in [0, 0.05) is 18.8 Å². The first-order chi connectivity index (χ1) is 18.2. The van der Waals surface area contributed by atoms with Crippen LogP contribution in [0.1, 0.15) is 18.4 Å². The van der Waals surface area contributed by atoms with E-state index in [2.05, 4.69) is 20.3 Å². The van der Waals surface area contributed by atoms with E-state index < -0.39 is 67.6 Å². The highest BCUT2D eigenvalue weighted by Gasteiger charge is 2.37. The lowest BCUT2D eigenvalue weighted by Gasteiger charge is -2.18. The summed E-state index contributed by atoms with van der Waals surface area (Å²) in [6.45, 7) is 0.855. The van der Waals surface area contributed by atoms with Gasteiger partial charge in [0.2, 0.25) is 5.28 Å². The van der Waals surface area contributed by atoms with E-state index in [-0.39, 0.29) is 42.1 Å². The predicted molar refractivity (Wildman–Crippen MR) is 132 cm³/mol. The summed E-state index contributed by atoms with van der Waals surface area (Å²) in [5.41, 5.74) is -2.99. The Morgan fingerprint density at radius 3 is 2.51 bits per heavy atom. The van der Waals surface area contributed by atoms with Crippen molar-refractivity contribution < 1.29 is 40.7 Å². The van der Waals surface area contributed by atoms with Crippen molar-refractivity contribution in [1.29, 1.82) is 0 Å². The monoisotopic (exact) mass is 620 g/mol. The molecule has 0 fully saturated rings. The van der Waals surface area contributed by atoms with E-state index in [1.165, 1.54) is 6.07 Å². The summed E-state index contributed by atoms with van der Waals surface area (Å²) in [4.78, 5) is 21.8. The highest BCUT2D eigenvalue weighted by atomic mass is 35.5. The summed E-state index contributed by atoms with van der Waals surface area (Å²) in [5.74, 6) is -0.602. The summed E-state index contributed by atoms with van der Waals surface area (Å²) in [6.07, 6.45) is -9.74. The number of nitro groups is 1. The summed E-state index contributed by atoms with van der Waals surface area (Å²) in [6, 6.07) is 2.33. The Bertz CT molecular complexity index is 1330. The Kier molecular flexibility index (Phi) is 9.84. The molecule has 3 rings (SSSR count). The van der Waals surface area contributed by atoms with Crippen LogP contribution in [0.3, 0.4) is 0 Å². The molecule has 0 saturated carbocycles. The van der Waals surface area contributed by atoms with Crippen molar-refractivity contribution in [3.05, 3.63) is 44.4 Å². The van der Waals surface area contributed by atoms with E-state index in [0.717, 1.165) is 10.6 Å². The van der Waals surface area contributed by atoms with Gasteiger partial charge in [-0.3, -0.25) is 10.1 Å². The summed E-state index contributed by atoms with van der Waals surface area (Å²) in [7, 11) is -1.31. The standard InChI is InChI=1S/C20H20Cl2F6N6O4Si/c1-39-13(7-19(23,24)25)38-9-33-8-10(20(26,27)28)14-15(31-18(22)32-16(14)33)29-5-2-6-37-17-11(34(35)36)3-4-12(21)30-17/h3-4,8,13H,2,5-7,9,39H2,1H3,(H,29,31,32). The molecule has 3 heterocycles. The van der Waals surface area contributed by atoms with Gasteiger partial charge in [0.25, 0.3) is 5.88 Å². The third kappa shape index (κ3) is 8.30. The number of ether oxygens (including phenoxy) is 2. The van der Waals surface area contributed by atoms with Crippen LogP contribution < -0.4 is 10.1 Å². The van der Waals surface area contributed by atoms with Gasteiger partial charge in [0.05, 0.1) is 44.1 Å². The van der Waals surface area contributed by atoms with E-state index in [0.29, 0.717) is 6.20 Å². The second-order valence-electron chi connectivity index (χ2n) is 8.04. The molecule has 0 aromatic carbocycles. The number of nitrogens with zero attached hydrogens (tertiary/aromatic N) is 5. The fourth-order valence-electron chi connectivity index (χ4n) is 3.47. The van der Waals surface area contributed by atoms with E-state index in [9.17, 15) is 36.5 Å². The zero-order valence-electron chi connectivity index (χ0n) is 19.9. The van der Waals surface area contributed by atoms with Crippen LogP contribution in [0.25, 0.3) is 11.0 Å². The number of halogens is 8. The quantitative estimate of drug-likeness (QED) is 0.0543. The number of aromatic nitrogens is 4. The number of rotatable bonds is 12. The van der Waals surface area contributed by atoms with Crippen LogP contribution >= 0.6 is 23.2 Å². The summed E-state index contributed by atoms with van der Waals surface area (Å²) in [5, 5.41) is 12.9. The van der Waals surface area contributed by atoms with Crippen molar-refractivity contribution in [1.82, 2.24) is 19.5 Å². The van der Waals surface area contributed by atoms with Crippen molar-refractivity contribution >= 4 is 55.3 Å². The first kappa shape index (κ1) is 30.6. The third-order valence-electron chi connectivity index (χ3n) is 5.21. The minimum absolute atomic E-state index is 0.00905. The molecule has 3 aromatic heterocycles. The molecule has 1 atom stereocenters. The molecule has 0 saturated heterocycles. The lowest BCUT2D eigenvalue weighted by molar-refractivity contribution is -0.386. The lowest BCUT2D eigenvalue weighted by Crippen LogP contribution is -2.27. The second kappa shape index (κ2) is 12.5. The molecule has 0 amide bonds.